The van der Waals surface area contributed by atoms with Gasteiger partial charge in [0.25, 0.3) is 0 Å². The van der Waals surface area contributed by atoms with Crippen molar-refractivity contribution >= 4 is 11.3 Å². The highest BCUT2D eigenvalue weighted by Crippen LogP contribution is 2.27. The van der Waals surface area contributed by atoms with Crippen molar-refractivity contribution in [3.63, 3.8) is 0 Å². The van der Waals surface area contributed by atoms with E-state index in [2.05, 4.69) is 0 Å². The Bertz CT molecular complexity index is 266. The molecule has 1 unspecified atom stereocenters. The quantitative estimate of drug-likeness (QED) is 0.808. The normalized spacial score (nSPS) is 15.7. The number of hydrogen-bond donors (Lipinski definition) is 1. The van der Waals surface area contributed by atoms with Crippen LogP contribution in [0.4, 0.5) is 0 Å². The maximum absolute atomic E-state index is 10.1. The van der Waals surface area contributed by atoms with Crippen LogP contribution in [0.2, 0.25) is 0 Å². The molecular weight excluding hydrogens is 184 g/mol. The zero-order valence-corrected chi connectivity index (χ0v) is 9.15. The van der Waals surface area contributed by atoms with E-state index in [4.69, 9.17) is 4.74 Å². The van der Waals surface area contributed by atoms with Crippen LogP contribution in [-0.2, 0) is 10.3 Å². The van der Waals surface area contributed by atoms with Crippen molar-refractivity contribution in [3.05, 3.63) is 21.9 Å². The Hall–Kier alpha value is -0.380. The van der Waals surface area contributed by atoms with E-state index < -0.39 is 5.60 Å². The molecule has 1 heterocycles. The predicted molar refractivity (Wildman–Crippen MR) is 55.1 cm³/mol. The van der Waals surface area contributed by atoms with Crippen LogP contribution in [-0.4, -0.2) is 18.3 Å². The zero-order valence-electron chi connectivity index (χ0n) is 8.33. The number of aliphatic hydroxyl groups is 1. The Morgan fingerprint density at radius 3 is 2.77 bits per heavy atom. The first-order valence-corrected chi connectivity index (χ1v) is 5.30. The molecule has 13 heavy (non-hydrogen) atoms. The van der Waals surface area contributed by atoms with Crippen LogP contribution in [0.5, 0.6) is 0 Å². The van der Waals surface area contributed by atoms with Gasteiger partial charge in [-0.15, -0.1) is 11.3 Å². The summed E-state index contributed by atoms with van der Waals surface area (Å²) >= 11 is 1.65. The molecule has 0 saturated carbocycles. The summed E-state index contributed by atoms with van der Waals surface area (Å²) in [6.45, 7) is 6.73. The van der Waals surface area contributed by atoms with Gasteiger partial charge in [-0.2, -0.15) is 0 Å². The van der Waals surface area contributed by atoms with Crippen LogP contribution in [0.15, 0.2) is 11.4 Å². The van der Waals surface area contributed by atoms with Crippen molar-refractivity contribution in [3.8, 4) is 0 Å². The molecule has 0 radical (unpaired) electrons. The fraction of sp³-hybridized carbons (Fsp3) is 0.600. The number of thiophene rings is 1. The van der Waals surface area contributed by atoms with Gasteiger partial charge >= 0.3 is 0 Å². The van der Waals surface area contributed by atoms with Gasteiger partial charge in [0.1, 0.15) is 5.60 Å². The molecule has 0 saturated heterocycles. The largest absolute Gasteiger partial charge is 0.383 e. The van der Waals surface area contributed by atoms with Crippen LogP contribution in [0.1, 0.15) is 24.3 Å². The summed E-state index contributed by atoms with van der Waals surface area (Å²) in [5.74, 6) is 0. The Balaban J connectivity index is 2.74. The average molecular weight is 200 g/mol. The van der Waals surface area contributed by atoms with Crippen molar-refractivity contribution in [2.75, 3.05) is 13.2 Å². The smallest absolute Gasteiger partial charge is 0.111 e. The lowest BCUT2D eigenvalue weighted by Crippen LogP contribution is -2.27. The van der Waals surface area contributed by atoms with E-state index in [0.29, 0.717) is 13.2 Å². The maximum atomic E-state index is 10.1. The van der Waals surface area contributed by atoms with Gasteiger partial charge in [-0.1, -0.05) is 0 Å². The summed E-state index contributed by atoms with van der Waals surface area (Å²) < 4.78 is 5.23. The topological polar surface area (TPSA) is 29.5 Å². The van der Waals surface area contributed by atoms with Gasteiger partial charge in [0.05, 0.1) is 6.61 Å². The van der Waals surface area contributed by atoms with Gasteiger partial charge in [0.2, 0.25) is 0 Å². The molecule has 0 spiro atoms. The Morgan fingerprint density at radius 2 is 2.31 bits per heavy atom. The Morgan fingerprint density at radius 1 is 1.62 bits per heavy atom. The minimum atomic E-state index is -0.847. The van der Waals surface area contributed by atoms with Crippen molar-refractivity contribution in [1.82, 2.24) is 0 Å². The standard InChI is InChI=1S/C10H16O2S/c1-4-12-7-10(3,11)9-5-6-13-8(9)2/h5-6,11H,4,7H2,1-3H3. The Labute approximate surface area is 83.2 Å². The predicted octanol–water partition coefficient (Wildman–Crippen LogP) is 2.30. The molecule has 1 atom stereocenters. The summed E-state index contributed by atoms with van der Waals surface area (Å²) in [5, 5.41) is 12.1. The zero-order chi connectivity index (χ0) is 9.90. The third kappa shape index (κ3) is 2.53. The van der Waals surface area contributed by atoms with E-state index in [1.807, 2.05) is 25.3 Å². The molecule has 1 rings (SSSR count). The van der Waals surface area contributed by atoms with E-state index >= 15 is 0 Å². The van der Waals surface area contributed by atoms with Crippen molar-refractivity contribution in [1.29, 1.82) is 0 Å². The average Bonchev–Trinajstić information content (AvgIpc) is 2.48. The lowest BCUT2D eigenvalue weighted by Gasteiger charge is -2.23. The SMILES string of the molecule is CCOCC(C)(O)c1ccsc1C. The minimum absolute atomic E-state index is 0.362. The molecule has 1 aromatic heterocycles. The number of aryl methyl sites for hydroxylation is 1. The first kappa shape index (κ1) is 10.7. The Kier molecular flexibility index (Phi) is 3.47. The molecular formula is C10H16O2S. The van der Waals surface area contributed by atoms with E-state index in [0.717, 1.165) is 10.4 Å². The molecule has 1 N–H and O–H groups in total. The lowest BCUT2D eigenvalue weighted by atomic mass is 9.98. The summed E-state index contributed by atoms with van der Waals surface area (Å²) in [6, 6.07) is 1.96. The van der Waals surface area contributed by atoms with Crippen molar-refractivity contribution in [2.45, 2.75) is 26.4 Å². The fourth-order valence-electron chi connectivity index (χ4n) is 1.32. The molecule has 0 bridgehead atoms. The molecule has 0 aliphatic rings. The highest BCUT2D eigenvalue weighted by Gasteiger charge is 2.25. The highest BCUT2D eigenvalue weighted by atomic mass is 32.1. The van der Waals surface area contributed by atoms with Gasteiger partial charge in [-0.3, -0.25) is 0 Å². The van der Waals surface area contributed by atoms with Gasteiger partial charge in [0, 0.05) is 11.5 Å². The van der Waals surface area contributed by atoms with Crippen LogP contribution in [0.3, 0.4) is 0 Å². The first-order valence-electron chi connectivity index (χ1n) is 4.42. The van der Waals surface area contributed by atoms with Crippen LogP contribution in [0, 0.1) is 6.92 Å². The third-order valence-corrected chi connectivity index (χ3v) is 2.87. The van der Waals surface area contributed by atoms with E-state index in [1.54, 1.807) is 18.3 Å². The van der Waals surface area contributed by atoms with Crippen molar-refractivity contribution in [2.24, 2.45) is 0 Å². The molecule has 1 aromatic rings. The van der Waals surface area contributed by atoms with Gasteiger partial charge in [0.15, 0.2) is 0 Å². The number of hydrogen-bond acceptors (Lipinski definition) is 3. The summed E-state index contributed by atoms with van der Waals surface area (Å²) in [5.41, 5.74) is 0.131. The second-order valence-electron chi connectivity index (χ2n) is 3.30. The molecule has 2 nitrogen and oxygen atoms in total. The molecule has 0 aliphatic carbocycles. The fourth-order valence-corrected chi connectivity index (χ4v) is 2.15. The van der Waals surface area contributed by atoms with Gasteiger partial charge in [-0.25, -0.2) is 0 Å². The number of ether oxygens (including phenoxy) is 1. The van der Waals surface area contributed by atoms with E-state index in [1.165, 1.54) is 0 Å². The second kappa shape index (κ2) is 4.22. The van der Waals surface area contributed by atoms with Crippen LogP contribution in [0.25, 0.3) is 0 Å². The highest BCUT2D eigenvalue weighted by molar-refractivity contribution is 7.10. The van der Waals surface area contributed by atoms with E-state index in [-0.39, 0.29) is 0 Å². The van der Waals surface area contributed by atoms with E-state index in [9.17, 15) is 5.11 Å². The summed E-state index contributed by atoms with van der Waals surface area (Å²) in [7, 11) is 0. The molecule has 0 fully saturated rings. The second-order valence-corrected chi connectivity index (χ2v) is 4.42. The van der Waals surface area contributed by atoms with Crippen LogP contribution < -0.4 is 0 Å². The summed E-state index contributed by atoms with van der Waals surface area (Å²) in [6.07, 6.45) is 0. The van der Waals surface area contributed by atoms with Crippen molar-refractivity contribution < 1.29 is 9.84 Å². The molecule has 0 amide bonds. The molecule has 74 valence electrons. The molecule has 3 heteroatoms. The third-order valence-electron chi connectivity index (χ3n) is 2.03. The lowest BCUT2D eigenvalue weighted by molar-refractivity contribution is -0.0344. The summed E-state index contributed by atoms with van der Waals surface area (Å²) in [4.78, 5) is 1.16. The van der Waals surface area contributed by atoms with Gasteiger partial charge in [-0.05, 0) is 37.8 Å². The molecule has 0 aromatic carbocycles. The van der Waals surface area contributed by atoms with Crippen LogP contribution >= 0.6 is 11.3 Å². The first-order chi connectivity index (χ1) is 6.08. The minimum Gasteiger partial charge on any atom is -0.383 e. The number of rotatable bonds is 4. The van der Waals surface area contributed by atoms with Gasteiger partial charge < -0.3 is 9.84 Å². The maximum Gasteiger partial charge on any atom is 0.111 e. The monoisotopic (exact) mass is 200 g/mol. The molecule has 0 aliphatic heterocycles.